The minimum absolute atomic E-state index is 0.512. The molecular formula is C14H20FeN2. The fourth-order valence-corrected chi connectivity index (χ4v) is 98.7. The van der Waals surface area contributed by atoms with Gasteiger partial charge in [-0.15, -0.1) is 0 Å². The Morgan fingerprint density at radius 2 is 1.12 bits per heavy atom. The van der Waals surface area contributed by atoms with E-state index in [1.54, 1.807) is 0 Å². The molecule has 0 aromatic heterocycles. The van der Waals surface area contributed by atoms with Crippen molar-refractivity contribution in [2.45, 2.75) is 73.1 Å². The van der Waals surface area contributed by atoms with Crippen LogP contribution in [-0.2, 0) is 6.51 Å². The molecule has 10 aliphatic rings. The summed E-state index contributed by atoms with van der Waals surface area (Å²) in [6, 6.07) is 1.02. The van der Waals surface area contributed by atoms with Crippen molar-refractivity contribution < 1.29 is 6.51 Å². The molecule has 94 valence electrons. The molecule has 4 N–H and O–H groups in total. The van der Waals surface area contributed by atoms with E-state index >= 15 is 0 Å². The van der Waals surface area contributed by atoms with Crippen molar-refractivity contribution in [2.75, 3.05) is 0 Å². The van der Waals surface area contributed by atoms with E-state index in [1.165, 1.54) is 38.5 Å². The van der Waals surface area contributed by atoms with Crippen molar-refractivity contribution in [3.8, 4) is 0 Å². The van der Waals surface area contributed by atoms with Crippen LogP contribution in [-0.4, -0.2) is 12.1 Å². The Bertz CT molecular complexity index is 908. The third-order valence-electron chi connectivity index (χ3n) is 16.4. The molecule has 0 aliphatic carbocycles. The maximum absolute atomic E-state index is 6.67. The van der Waals surface area contributed by atoms with Gasteiger partial charge in [-0.2, -0.15) is 0 Å². The zero-order valence-corrected chi connectivity index (χ0v) is 11.4. The number of hydrogen-bond donors (Lipinski definition) is 2. The van der Waals surface area contributed by atoms with E-state index in [2.05, 4.69) is 13.8 Å². The van der Waals surface area contributed by atoms with E-state index in [4.69, 9.17) is 11.5 Å². The van der Waals surface area contributed by atoms with Gasteiger partial charge in [0.05, 0.1) is 0 Å². The minimum atomic E-state index is -3.15. The van der Waals surface area contributed by atoms with E-state index in [9.17, 15) is 0 Å². The molecular weight excluding hydrogens is 252 g/mol. The summed E-state index contributed by atoms with van der Waals surface area (Å²) in [5.41, 5.74) is 13.3. The standard InChI is InChI=1S/C9H15N2.C5H5.Fe/c1-6(10)8-4-3-5-9(8)7(2)11;1-2-4-5-3-1;/h3-7H,10-11H2,1-2H3;1-5H;. The molecule has 6 unspecified atom stereocenters. The second-order valence-electron chi connectivity index (χ2n) is 11.4. The quantitative estimate of drug-likeness (QED) is 0.759. The van der Waals surface area contributed by atoms with Crippen LogP contribution in [0, 0.1) is 0 Å². The second-order valence-corrected chi connectivity index (χ2v) is 34.7. The van der Waals surface area contributed by atoms with Crippen molar-refractivity contribution in [1.82, 2.24) is 0 Å². The number of nitrogens with two attached hydrogens (primary N) is 2. The van der Waals surface area contributed by atoms with Gasteiger partial charge < -0.3 is 0 Å². The van der Waals surface area contributed by atoms with Crippen LogP contribution in [0.15, 0.2) is 0 Å². The predicted octanol–water partition coefficient (Wildman–Crippen LogP) is 2.81. The molecule has 6 atom stereocenters. The zero-order valence-electron chi connectivity index (χ0n) is 10.3. The maximum atomic E-state index is 6.67. The number of rotatable bonds is 2. The first kappa shape index (κ1) is 6.74. The van der Waals surface area contributed by atoms with Crippen molar-refractivity contribution in [3.05, 3.63) is 0 Å². The Morgan fingerprint density at radius 3 is 1.24 bits per heavy atom. The van der Waals surface area contributed by atoms with Gasteiger partial charge in [-0.05, 0) is 0 Å². The van der Waals surface area contributed by atoms with Crippen molar-refractivity contribution in [1.29, 1.82) is 0 Å². The molecule has 0 radical (unpaired) electrons. The molecule has 0 aromatic carbocycles. The van der Waals surface area contributed by atoms with Gasteiger partial charge >= 0.3 is 91.1 Å². The van der Waals surface area contributed by atoms with Gasteiger partial charge in [-0.1, -0.05) is 0 Å². The molecule has 0 bridgehead atoms. The fourth-order valence-electron chi connectivity index (χ4n) is 19.6. The Balaban J connectivity index is 1.75. The van der Waals surface area contributed by atoms with E-state index in [0.717, 1.165) is 8.63 Å². The summed E-state index contributed by atoms with van der Waals surface area (Å²) < 4.78 is 1.53. The Hall–Kier alpha value is 0.439. The molecule has 0 aromatic rings. The van der Waals surface area contributed by atoms with Crippen LogP contribution in [0.25, 0.3) is 0 Å². The Morgan fingerprint density at radius 1 is 0.765 bits per heavy atom. The topological polar surface area (TPSA) is 52.0 Å². The zero-order chi connectivity index (χ0) is 11.1. The van der Waals surface area contributed by atoms with Gasteiger partial charge in [0.2, 0.25) is 0 Å². The van der Waals surface area contributed by atoms with Gasteiger partial charge in [0, 0.05) is 0 Å². The SMILES string of the molecule is CC(N)[C]12[CH]3[CH]4[CH]5[C]1(C(C)N)[Fe]43521678[CH]2[CH]1[CH]6[CH]7[CH]28. The molecule has 0 saturated carbocycles. The third kappa shape index (κ3) is 0.0598. The second kappa shape index (κ2) is 0.513. The van der Waals surface area contributed by atoms with Gasteiger partial charge in [-0.3, -0.25) is 0 Å². The molecule has 10 heterocycles. The third-order valence-corrected chi connectivity index (χ3v) is 60.1. The van der Waals surface area contributed by atoms with Gasteiger partial charge in [0.25, 0.3) is 0 Å². The van der Waals surface area contributed by atoms with Crippen LogP contribution >= 0.6 is 0 Å². The van der Waals surface area contributed by atoms with E-state index < -0.39 is 6.51 Å². The van der Waals surface area contributed by atoms with Crippen LogP contribution in [0.4, 0.5) is 0 Å². The normalized spacial score (nSPS) is 128. The van der Waals surface area contributed by atoms with Crippen LogP contribution in [0.3, 0.4) is 0 Å². The summed E-state index contributed by atoms with van der Waals surface area (Å²) in [5.74, 6) is 0. The average molecular weight is 272 g/mol. The fraction of sp³-hybridized carbons (Fsp3) is 1.00. The van der Waals surface area contributed by atoms with E-state index in [0.29, 0.717) is 12.1 Å². The van der Waals surface area contributed by atoms with Crippen LogP contribution in [0.1, 0.15) is 13.8 Å². The molecule has 0 amide bonds. The summed E-state index contributed by atoms with van der Waals surface area (Å²) in [6.45, 7) is 1.61. The van der Waals surface area contributed by atoms with Gasteiger partial charge in [0.1, 0.15) is 0 Å². The molecule has 10 aliphatic heterocycles. The summed E-state index contributed by atoms with van der Waals surface area (Å²) in [6.07, 6.45) is 0. The van der Waals surface area contributed by atoms with E-state index in [1.807, 2.05) is 0 Å². The van der Waals surface area contributed by atoms with E-state index in [-0.39, 0.29) is 0 Å². The van der Waals surface area contributed by atoms with Gasteiger partial charge in [-0.25, -0.2) is 0 Å². The van der Waals surface area contributed by atoms with Crippen LogP contribution in [0.5, 0.6) is 0 Å². The molecule has 1 spiro atoms. The summed E-state index contributed by atoms with van der Waals surface area (Å²) in [4.78, 5) is 10.6. The number of fused-ring (bicyclic) bond motifs is 10. The summed E-state index contributed by atoms with van der Waals surface area (Å²) in [7, 11) is 0. The summed E-state index contributed by atoms with van der Waals surface area (Å²) in [5, 5.41) is 0. The first-order valence-corrected chi connectivity index (χ1v) is 13.8. The van der Waals surface area contributed by atoms with Crippen molar-refractivity contribution >= 4 is 0 Å². The first-order chi connectivity index (χ1) is 7.82. The summed E-state index contributed by atoms with van der Waals surface area (Å²) >= 11 is 0. The van der Waals surface area contributed by atoms with Crippen molar-refractivity contribution in [2.24, 2.45) is 11.5 Å². The molecule has 10 rings (SSSR count). The first-order valence-electron chi connectivity index (χ1n) is 7.55. The monoisotopic (exact) mass is 272 g/mol. The molecule has 3 heteroatoms. The molecule has 2 nitrogen and oxygen atoms in total. The van der Waals surface area contributed by atoms with Crippen LogP contribution in [0.2, 0.25) is 47.2 Å². The number of hydrogen-bond acceptors (Lipinski definition) is 2. The van der Waals surface area contributed by atoms with Crippen LogP contribution < -0.4 is 11.5 Å². The molecule has 10 saturated heterocycles. The Kier molecular flexibility index (Phi) is 0.203. The average Bonchev–Trinajstić information content (AvgIpc) is 3.22. The molecule has 17 heavy (non-hydrogen) atoms. The Labute approximate surface area is 91.1 Å². The predicted molar refractivity (Wildman–Crippen MR) is 62.7 cm³/mol. The molecule has 10 fully saturated rings. The van der Waals surface area contributed by atoms with Crippen molar-refractivity contribution in [3.63, 3.8) is 0 Å². The van der Waals surface area contributed by atoms with Gasteiger partial charge in [0.15, 0.2) is 0 Å².